The SMILES string of the molecule is O=[N+]([O-])/C=C1\COCc2cc3c(cc21)OCO3. The third kappa shape index (κ3) is 1.72. The predicted molar refractivity (Wildman–Crippen MR) is 57.2 cm³/mol. The molecule has 0 spiro atoms. The first-order valence-electron chi connectivity index (χ1n) is 5.09. The number of hydrogen-bond donors (Lipinski definition) is 0. The monoisotopic (exact) mass is 235 g/mol. The summed E-state index contributed by atoms with van der Waals surface area (Å²) in [6.45, 7) is 0.863. The van der Waals surface area contributed by atoms with Crippen LogP contribution in [0.5, 0.6) is 11.5 Å². The van der Waals surface area contributed by atoms with E-state index in [0.717, 1.165) is 17.3 Å². The van der Waals surface area contributed by atoms with Gasteiger partial charge in [0, 0.05) is 0 Å². The predicted octanol–water partition coefficient (Wildman–Crippen LogP) is 1.56. The van der Waals surface area contributed by atoms with Crippen LogP contribution in [0.15, 0.2) is 18.3 Å². The largest absolute Gasteiger partial charge is 0.454 e. The molecular formula is C11H9NO5. The van der Waals surface area contributed by atoms with E-state index < -0.39 is 4.92 Å². The minimum atomic E-state index is -0.474. The second-order valence-corrected chi connectivity index (χ2v) is 3.80. The molecule has 0 aliphatic carbocycles. The summed E-state index contributed by atoms with van der Waals surface area (Å²) in [4.78, 5) is 10.1. The third-order valence-electron chi connectivity index (χ3n) is 2.72. The van der Waals surface area contributed by atoms with Gasteiger partial charge >= 0.3 is 0 Å². The lowest BCUT2D eigenvalue weighted by Gasteiger charge is -2.18. The van der Waals surface area contributed by atoms with E-state index in [1.165, 1.54) is 0 Å². The van der Waals surface area contributed by atoms with Gasteiger partial charge in [0.2, 0.25) is 13.0 Å². The van der Waals surface area contributed by atoms with Crippen molar-refractivity contribution in [3.8, 4) is 11.5 Å². The zero-order valence-corrected chi connectivity index (χ0v) is 8.84. The Labute approximate surface area is 96.5 Å². The summed E-state index contributed by atoms with van der Waals surface area (Å²) < 4.78 is 15.8. The second-order valence-electron chi connectivity index (χ2n) is 3.80. The van der Waals surface area contributed by atoms with Crippen molar-refractivity contribution in [2.24, 2.45) is 0 Å². The fourth-order valence-electron chi connectivity index (χ4n) is 1.99. The number of fused-ring (bicyclic) bond motifs is 2. The highest BCUT2D eigenvalue weighted by molar-refractivity contribution is 5.72. The normalized spacial score (nSPS) is 19.2. The van der Waals surface area contributed by atoms with Crippen molar-refractivity contribution in [3.63, 3.8) is 0 Å². The Hall–Kier alpha value is -2.08. The van der Waals surface area contributed by atoms with Crippen LogP contribution in [0, 0.1) is 10.1 Å². The molecule has 0 saturated heterocycles. The molecule has 17 heavy (non-hydrogen) atoms. The first-order chi connectivity index (χ1) is 8.24. The van der Waals surface area contributed by atoms with Crippen molar-refractivity contribution in [2.45, 2.75) is 6.61 Å². The molecule has 0 atom stereocenters. The molecule has 2 aliphatic rings. The van der Waals surface area contributed by atoms with Crippen LogP contribution in [0.4, 0.5) is 0 Å². The molecule has 0 N–H and O–H groups in total. The maximum atomic E-state index is 10.5. The molecule has 0 amide bonds. The van der Waals surface area contributed by atoms with E-state index in [4.69, 9.17) is 14.2 Å². The van der Waals surface area contributed by atoms with Crippen LogP contribution in [0.1, 0.15) is 11.1 Å². The van der Waals surface area contributed by atoms with Crippen LogP contribution >= 0.6 is 0 Å². The Morgan fingerprint density at radius 3 is 2.76 bits per heavy atom. The molecule has 1 aromatic carbocycles. The van der Waals surface area contributed by atoms with Gasteiger partial charge in [-0.15, -0.1) is 0 Å². The molecule has 0 unspecified atom stereocenters. The average Bonchev–Trinajstić information content (AvgIpc) is 2.73. The zero-order chi connectivity index (χ0) is 11.8. The van der Waals surface area contributed by atoms with Crippen LogP contribution < -0.4 is 9.47 Å². The minimum absolute atomic E-state index is 0.188. The van der Waals surface area contributed by atoms with Crippen molar-refractivity contribution in [3.05, 3.63) is 39.6 Å². The Kier molecular flexibility index (Phi) is 2.22. The van der Waals surface area contributed by atoms with Gasteiger partial charge in [-0.05, 0) is 23.3 Å². The van der Waals surface area contributed by atoms with Crippen molar-refractivity contribution in [1.82, 2.24) is 0 Å². The maximum Gasteiger partial charge on any atom is 0.240 e. The van der Waals surface area contributed by atoms with Crippen molar-refractivity contribution in [1.29, 1.82) is 0 Å². The molecule has 6 nitrogen and oxygen atoms in total. The molecule has 0 bridgehead atoms. The number of ether oxygens (including phenoxy) is 3. The highest BCUT2D eigenvalue weighted by Gasteiger charge is 2.23. The van der Waals surface area contributed by atoms with E-state index in [9.17, 15) is 10.1 Å². The number of nitro groups is 1. The first kappa shape index (κ1) is 10.1. The number of benzene rings is 1. The van der Waals surface area contributed by atoms with Crippen LogP contribution in [0.2, 0.25) is 0 Å². The Morgan fingerprint density at radius 1 is 1.24 bits per heavy atom. The minimum Gasteiger partial charge on any atom is -0.454 e. The molecule has 0 radical (unpaired) electrons. The van der Waals surface area contributed by atoms with Gasteiger partial charge in [0.25, 0.3) is 0 Å². The quantitative estimate of drug-likeness (QED) is 0.545. The number of rotatable bonds is 1. The van der Waals surface area contributed by atoms with Gasteiger partial charge in [-0.1, -0.05) is 0 Å². The van der Waals surface area contributed by atoms with Crippen molar-refractivity contribution < 1.29 is 19.1 Å². The van der Waals surface area contributed by atoms with E-state index in [-0.39, 0.29) is 13.4 Å². The Balaban J connectivity index is 2.11. The van der Waals surface area contributed by atoms with Gasteiger partial charge in [-0.2, -0.15) is 0 Å². The summed E-state index contributed by atoms with van der Waals surface area (Å²) in [5.41, 5.74) is 2.24. The molecule has 3 rings (SSSR count). The molecule has 0 aromatic heterocycles. The molecule has 1 aromatic rings. The van der Waals surface area contributed by atoms with Gasteiger partial charge in [0.1, 0.15) is 0 Å². The summed E-state index contributed by atoms with van der Waals surface area (Å²) in [5, 5.41) is 10.5. The van der Waals surface area contributed by atoms with Crippen LogP contribution in [-0.4, -0.2) is 18.3 Å². The van der Waals surface area contributed by atoms with Gasteiger partial charge in [0.05, 0.1) is 23.7 Å². The Bertz CT molecular complexity index is 523. The topological polar surface area (TPSA) is 70.8 Å². The van der Waals surface area contributed by atoms with Gasteiger partial charge in [-0.3, -0.25) is 10.1 Å². The lowest BCUT2D eigenvalue weighted by atomic mass is 9.98. The molecule has 2 heterocycles. The summed E-state index contributed by atoms with van der Waals surface area (Å²) in [6.07, 6.45) is 0.972. The average molecular weight is 235 g/mol. The lowest BCUT2D eigenvalue weighted by molar-refractivity contribution is -0.401. The van der Waals surface area contributed by atoms with Crippen molar-refractivity contribution in [2.75, 3.05) is 13.4 Å². The number of hydrogen-bond acceptors (Lipinski definition) is 5. The molecule has 2 aliphatic heterocycles. The smallest absolute Gasteiger partial charge is 0.240 e. The van der Waals surface area contributed by atoms with Crippen LogP contribution in [0.3, 0.4) is 0 Å². The molecular weight excluding hydrogens is 226 g/mol. The molecule has 6 heteroatoms. The van der Waals surface area contributed by atoms with E-state index in [2.05, 4.69) is 0 Å². The molecule has 88 valence electrons. The van der Waals surface area contributed by atoms with E-state index in [0.29, 0.717) is 23.7 Å². The van der Waals surface area contributed by atoms with E-state index in [1.54, 1.807) is 6.07 Å². The fourth-order valence-corrected chi connectivity index (χ4v) is 1.99. The lowest BCUT2D eigenvalue weighted by Crippen LogP contribution is -2.10. The summed E-state index contributed by atoms with van der Waals surface area (Å²) in [6, 6.07) is 3.58. The van der Waals surface area contributed by atoms with Crippen molar-refractivity contribution >= 4 is 5.57 Å². The van der Waals surface area contributed by atoms with Gasteiger partial charge in [-0.25, -0.2) is 0 Å². The highest BCUT2D eigenvalue weighted by Crippen LogP contribution is 2.38. The number of nitrogens with zero attached hydrogens (tertiary/aromatic N) is 1. The Morgan fingerprint density at radius 2 is 2.00 bits per heavy atom. The van der Waals surface area contributed by atoms with E-state index >= 15 is 0 Å². The third-order valence-corrected chi connectivity index (χ3v) is 2.72. The van der Waals surface area contributed by atoms with Crippen LogP contribution in [-0.2, 0) is 11.3 Å². The standard InChI is InChI=1S/C11H9NO5/c13-12(14)3-8-5-15-4-7-1-10-11(2-9(7)8)17-6-16-10/h1-3H,4-6H2/b8-3+. The maximum absolute atomic E-state index is 10.5. The second kappa shape index (κ2) is 3.74. The molecule has 0 saturated carbocycles. The summed E-state index contributed by atoms with van der Waals surface area (Å²) in [5.74, 6) is 1.29. The summed E-state index contributed by atoms with van der Waals surface area (Å²) in [7, 11) is 0. The first-order valence-corrected chi connectivity index (χ1v) is 5.09. The summed E-state index contributed by atoms with van der Waals surface area (Å²) >= 11 is 0. The molecule has 0 fully saturated rings. The fraction of sp³-hybridized carbons (Fsp3) is 0.273. The highest BCUT2D eigenvalue weighted by atomic mass is 16.7. The van der Waals surface area contributed by atoms with E-state index in [1.807, 2.05) is 6.07 Å². The van der Waals surface area contributed by atoms with Gasteiger partial charge < -0.3 is 14.2 Å². The van der Waals surface area contributed by atoms with Gasteiger partial charge in [0.15, 0.2) is 11.5 Å². The van der Waals surface area contributed by atoms with Crippen LogP contribution in [0.25, 0.3) is 5.57 Å². The zero-order valence-electron chi connectivity index (χ0n) is 8.84.